The molecule has 0 unspecified atom stereocenters. The number of ether oxygens (including phenoxy) is 1. The molecule has 1 aliphatic rings. The summed E-state index contributed by atoms with van der Waals surface area (Å²) in [4.78, 5) is 8.43. The van der Waals surface area contributed by atoms with Crippen LogP contribution in [0.25, 0.3) is 0 Å². The minimum absolute atomic E-state index is 0.537. The quantitative estimate of drug-likeness (QED) is 0.812. The molecule has 1 heterocycles. The molecule has 0 spiro atoms. The first-order chi connectivity index (χ1) is 8.11. The topological polar surface area (TPSA) is 67.3 Å². The van der Waals surface area contributed by atoms with Crippen molar-refractivity contribution in [3.8, 4) is 5.88 Å². The van der Waals surface area contributed by atoms with Crippen LogP contribution in [0.5, 0.6) is 5.88 Å². The number of anilines is 1. The van der Waals surface area contributed by atoms with Crippen LogP contribution >= 0.6 is 0 Å². The molecule has 2 N–H and O–H groups in total. The number of aryl methyl sites for hydroxylation is 1. The van der Waals surface area contributed by atoms with E-state index >= 15 is 0 Å². The lowest BCUT2D eigenvalue weighted by Gasteiger charge is -2.36. The van der Waals surface area contributed by atoms with Crippen LogP contribution in [0.15, 0.2) is 6.07 Å². The highest BCUT2D eigenvalue weighted by molar-refractivity contribution is 5.38. The lowest BCUT2D eigenvalue weighted by molar-refractivity contribution is -0.0202. The minimum Gasteiger partial charge on any atom is -0.478 e. The average Bonchev–Trinajstić information content (AvgIpc) is 2.23. The maximum atomic E-state index is 9.98. The molecule has 0 atom stereocenters. The van der Waals surface area contributed by atoms with Crippen molar-refractivity contribution < 1.29 is 9.84 Å². The summed E-state index contributed by atoms with van der Waals surface area (Å²) >= 11 is 0. The second kappa shape index (κ2) is 4.87. The smallest absolute Gasteiger partial charge is 0.218 e. The third kappa shape index (κ3) is 3.06. The maximum Gasteiger partial charge on any atom is 0.218 e. The molecule has 1 aliphatic carbocycles. The first kappa shape index (κ1) is 12.1. The van der Waals surface area contributed by atoms with Crippen LogP contribution in [0.4, 0.5) is 5.82 Å². The molecular weight excluding hydrogens is 218 g/mol. The molecular formula is C12H19N3O2. The van der Waals surface area contributed by atoms with Gasteiger partial charge in [0.1, 0.15) is 11.6 Å². The fourth-order valence-corrected chi connectivity index (χ4v) is 1.87. The zero-order valence-corrected chi connectivity index (χ0v) is 10.4. The fourth-order valence-electron chi connectivity index (χ4n) is 1.87. The van der Waals surface area contributed by atoms with E-state index in [0.29, 0.717) is 30.7 Å². The number of aromatic nitrogens is 2. The molecule has 0 radical (unpaired) electrons. The van der Waals surface area contributed by atoms with Gasteiger partial charge < -0.3 is 15.2 Å². The monoisotopic (exact) mass is 237 g/mol. The van der Waals surface area contributed by atoms with E-state index in [4.69, 9.17) is 4.74 Å². The predicted octanol–water partition coefficient (Wildman–Crippen LogP) is 1.51. The van der Waals surface area contributed by atoms with Crippen LogP contribution in [-0.2, 0) is 0 Å². The molecule has 0 aliphatic heterocycles. The van der Waals surface area contributed by atoms with Crippen LogP contribution in [0.2, 0.25) is 0 Å². The fraction of sp³-hybridized carbons (Fsp3) is 0.667. The summed E-state index contributed by atoms with van der Waals surface area (Å²) in [5.74, 6) is 1.95. The van der Waals surface area contributed by atoms with Crippen molar-refractivity contribution in [3.05, 3.63) is 11.9 Å². The summed E-state index contributed by atoms with van der Waals surface area (Å²) < 4.78 is 5.35. The number of aliphatic hydroxyl groups is 1. The Bertz CT molecular complexity index is 391. The molecule has 0 bridgehead atoms. The van der Waals surface area contributed by atoms with Crippen molar-refractivity contribution in [2.75, 3.05) is 18.5 Å². The van der Waals surface area contributed by atoms with E-state index in [9.17, 15) is 5.11 Å². The molecule has 5 heteroatoms. The van der Waals surface area contributed by atoms with Crippen LogP contribution in [0.1, 0.15) is 32.0 Å². The van der Waals surface area contributed by atoms with Gasteiger partial charge in [-0.15, -0.1) is 0 Å². The Labute approximate surface area is 101 Å². The number of hydrogen-bond donors (Lipinski definition) is 2. The lowest BCUT2D eigenvalue weighted by Crippen LogP contribution is -2.43. The Morgan fingerprint density at radius 3 is 2.82 bits per heavy atom. The van der Waals surface area contributed by atoms with E-state index in [-0.39, 0.29) is 0 Å². The highest BCUT2D eigenvalue weighted by Gasteiger charge is 2.34. The van der Waals surface area contributed by atoms with Gasteiger partial charge in [0.25, 0.3) is 0 Å². The summed E-state index contributed by atoms with van der Waals surface area (Å²) in [6.45, 7) is 4.86. The summed E-state index contributed by atoms with van der Waals surface area (Å²) in [5.41, 5.74) is -0.551. The van der Waals surface area contributed by atoms with E-state index in [2.05, 4.69) is 15.3 Å². The van der Waals surface area contributed by atoms with Gasteiger partial charge in [-0.1, -0.05) is 0 Å². The third-order valence-electron chi connectivity index (χ3n) is 2.99. The lowest BCUT2D eigenvalue weighted by atomic mass is 9.80. The second-order valence-corrected chi connectivity index (χ2v) is 4.50. The Hall–Kier alpha value is -1.36. The van der Waals surface area contributed by atoms with Crippen molar-refractivity contribution in [1.82, 2.24) is 9.97 Å². The van der Waals surface area contributed by atoms with E-state index in [1.54, 1.807) is 6.07 Å². The number of hydrogen-bond acceptors (Lipinski definition) is 5. The molecule has 0 amide bonds. The molecule has 1 aromatic heterocycles. The first-order valence-corrected chi connectivity index (χ1v) is 6.06. The van der Waals surface area contributed by atoms with Gasteiger partial charge in [0, 0.05) is 12.6 Å². The zero-order valence-electron chi connectivity index (χ0n) is 10.4. The zero-order chi connectivity index (χ0) is 12.3. The highest BCUT2D eigenvalue weighted by atomic mass is 16.5. The predicted molar refractivity (Wildman–Crippen MR) is 65.2 cm³/mol. The number of rotatable bonds is 5. The van der Waals surface area contributed by atoms with Crippen LogP contribution in [0.3, 0.4) is 0 Å². The van der Waals surface area contributed by atoms with Crippen molar-refractivity contribution >= 4 is 5.82 Å². The molecule has 0 saturated heterocycles. The Balaban J connectivity index is 1.99. The average molecular weight is 237 g/mol. The second-order valence-electron chi connectivity index (χ2n) is 4.50. The summed E-state index contributed by atoms with van der Waals surface area (Å²) in [7, 11) is 0. The molecule has 5 nitrogen and oxygen atoms in total. The van der Waals surface area contributed by atoms with Crippen LogP contribution in [-0.4, -0.2) is 33.8 Å². The standard InChI is InChI=1S/C12H19N3O2/c1-3-17-11-7-10(14-9(2)15-11)13-8-12(16)5-4-6-12/h7,16H,3-6,8H2,1-2H3,(H,13,14,15). The summed E-state index contributed by atoms with van der Waals surface area (Å²) in [5, 5.41) is 13.1. The maximum absolute atomic E-state index is 9.98. The van der Waals surface area contributed by atoms with Gasteiger partial charge in [-0.2, -0.15) is 4.98 Å². The third-order valence-corrected chi connectivity index (χ3v) is 2.99. The molecule has 0 aromatic carbocycles. The van der Waals surface area contributed by atoms with E-state index < -0.39 is 5.60 Å². The minimum atomic E-state index is -0.551. The number of nitrogens with zero attached hydrogens (tertiary/aromatic N) is 2. The van der Waals surface area contributed by atoms with Gasteiger partial charge >= 0.3 is 0 Å². The Kier molecular flexibility index (Phi) is 3.47. The van der Waals surface area contributed by atoms with E-state index in [1.165, 1.54) is 0 Å². The van der Waals surface area contributed by atoms with Crippen LogP contribution in [0, 0.1) is 6.92 Å². The Morgan fingerprint density at radius 2 is 2.24 bits per heavy atom. The molecule has 1 saturated carbocycles. The van der Waals surface area contributed by atoms with Crippen LogP contribution < -0.4 is 10.1 Å². The molecule has 17 heavy (non-hydrogen) atoms. The van der Waals surface area contributed by atoms with Crippen molar-refractivity contribution in [1.29, 1.82) is 0 Å². The van der Waals surface area contributed by atoms with Crippen molar-refractivity contribution in [2.24, 2.45) is 0 Å². The largest absolute Gasteiger partial charge is 0.478 e. The van der Waals surface area contributed by atoms with Gasteiger partial charge in [-0.25, -0.2) is 4.98 Å². The van der Waals surface area contributed by atoms with E-state index in [1.807, 2.05) is 13.8 Å². The Morgan fingerprint density at radius 1 is 1.47 bits per heavy atom. The van der Waals surface area contributed by atoms with Gasteiger partial charge in [-0.05, 0) is 33.1 Å². The van der Waals surface area contributed by atoms with Gasteiger partial charge in [-0.3, -0.25) is 0 Å². The first-order valence-electron chi connectivity index (χ1n) is 6.06. The number of nitrogens with one attached hydrogen (secondary N) is 1. The molecule has 2 rings (SSSR count). The summed E-state index contributed by atoms with van der Waals surface area (Å²) in [6.07, 6.45) is 2.83. The molecule has 1 fully saturated rings. The summed E-state index contributed by atoms with van der Waals surface area (Å²) in [6, 6.07) is 1.76. The van der Waals surface area contributed by atoms with Gasteiger partial charge in [0.15, 0.2) is 0 Å². The normalized spacial score (nSPS) is 17.4. The van der Waals surface area contributed by atoms with Crippen molar-refractivity contribution in [2.45, 2.75) is 38.7 Å². The molecule has 94 valence electrons. The molecule has 1 aromatic rings. The van der Waals surface area contributed by atoms with Gasteiger partial charge in [0.05, 0.1) is 12.2 Å². The highest BCUT2D eigenvalue weighted by Crippen LogP contribution is 2.31. The van der Waals surface area contributed by atoms with Crippen molar-refractivity contribution in [3.63, 3.8) is 0 Å². The SMILES string of the molecule is CCOc1cc(NCC2(O)CCC2)nc(C)n1. The van der Waals surface area contributed by atoms with Gasteiger partial charge in [0.2, 0.25) is 5.88 Å². The van der Waals surface area contributed by atoms with E-state index in [0.717, 1.165) is 19.3 Å².